The standard InChI is InChI=1S/C13H18N2O3S/c1-10(2)11(3)15-19(17,18)13-7-12(5-4-6-16)8-14-9-13/h7-11,15-16H,6H2,1-3H3. The van der Waals surface area contributed by atoms with Gasteiger partial charge in [-0.1, -0.05) is 25.7 Å². The van der Waals surface area contributed by atoms with Crippen LogP contribution in [0.4, 0.5) is 0 Å². The molecule has 5 nitrogen and oxygen atoms in total. The molecule has 1 unspecified atom stereocenters. The van der Waals surface area contributed by atoms with E-state index in [9.17, 15) is 8.42 Å². The molecule has 0 aliphatic carbocycles. The van der Waals surface area contributed by atoms with Crippen molar-refractivity contribution in [2.75, 3.05) is 6.61 Å². The van der Waals surface area contributed by atoms with Gasteiger partial charge in [0.25, 0.3) is 0 Å². The quantitative estimate of drug-likeness (QED) is 0.799. The van der Waals surface area contributed by atoms with Crippen LogP contribution >= 0.6 is 0 Å². The molecule has 0 aromatic carbocycles. The number of pyridine rings is 1. The van der Waals surface area contributed by atoms with E-state index in [0.29, 0.717) is 5.56 Å². The Bertz CT molecular complexity index is 585. The molecule has 0 aliphatic rings. The zero-order chi connectivity index (χ0) is 14.5. The van der Waals surface area contributed by atoms with Crippen molar-refractivity contribution in [2.24, 2.45) is 5.92 Å². The molecule has 0 spiro atoms. The largest absolute Gasteiger partial charge is 0.384 e. The smallest absolute Gasteiger partial charge is 0.242 e. The summed E-state index contributed by atoms with van der Waals surface area (Å²) in [6.45, 7) is 5.41. The van der Waals surface area contributed by atoms with Crippen molar-refractivity contribution in [3.05, 3.63) is 24.0 Å². The zero-order valence-electron chi connectivity index (χ0n) is 11.2. The maximum Gasteiger partial charge on any atom is 0.242 e. The van der Waals surface area contributed by atoms with E-state index in [1.807, 2.05) is 20.8 Å². The summed E-state index contributed by atoms with van der Waals surface area (Å²) >= 11 is 0. The van der Waals surface area contributed by atoms with Gasteiger partial charge in [0.15, 0.2) is 0 Å². The molecule has 2 N–H and O–H groups in total. The van der Waals surface area contributed by atoms with Crippen molar-refractivity contribution < 1.29 is 13.5 Å². The fourth-order valence-corrected chi connectivity index (χ4v) is 2.60. The topological polar surface area (TPSA) is 79.3 Å². The van der Waals surface area contributed by atoms with Crippen LogP contribution in [0, 0.1) is 17.8 Å². The molecular formula is C13H18N2O3S. The van der Waals surface area contributed by atoms with Gasteiger partial charge in [-0.25, -0.2) is 13.1 Å². The highest BCUT2D eigenvalue weighted by Gasteiger charge is 2.19. The van der Waals surface area contributed by atoms with Gasteiger partial charge in [-0.05, 0) is 18.9 Å². The van der Waals surface area contributed by atoms with Crippen molar-refractivity contribution in [1.82, 2.24) is 9.71 Å². The Balaban J connectivity index is 3.02. The van der Waals surface area contributed by atoms with Crippen LogP contribution in [-0.2, 0) is 10.0 Å². The minimum Gasteiger partial charge on any atom is -0.384 e. The number of rotatable bonds is 4. The molecule has 0 saturated carbocycles. The Morgan fingerprint density at radius 2 is 2.05 bits per heavy atom. The maximum absolute atomic E-state index is 12.1. The Morgan fingerprint density at radius 1 is 1.37 bits per heavy atom. The lowest BCUT2D eigenvalue weighted by Crippen LogP contribution is -2.36. The number of hydrogen-bond acceptors (Lipinski definition) is 4. The Hall–Kier alpha value is -1.42. The van der Waals surface area contributed by atoms with Crippen molar-refractivity contribution in [3.63, 3.8) is 0 Å². The van der Waals surface area contributed by atoms with E-state index in [2.05, 4.69) is 21.5 Å². The number of sulfonamides is 1. The lowest BCUT2D eigenvalue weighted by Gasteiger charge is -2.17. The minimum atomic E-state index is -3.59. The third kappa shape index (κ3) is 4.63. The lowest BCUT2D eigenvalue weighted by molar-refractivity contribution is 0.350. The summed E-state index contributed by atoms with van der Waals surface area (Å²) in [6.07, 6.45) is 2.73. The number of aliphatic hydroxyl groups excluding tert-OH is 1. The fraction of sp³-hybridized carbons (Fsp3) is 0.462. The van der Waals surface area contributed by atoms with Crippen LogP contribution in [-0.4, -0.2) is 31.2 Å². The van der Waals surface area contributed by atoms with E-state index in [1.165, 1.54) is 18.5 Å². The number of aliphatic hydroxyl groups is 1. The van der Waals surface area contributed by atoms with Gasteiger partial charge in [0, 0.05) is 24.0 Å². The summed E-state index contributed by atoms with van der Waals surface area (Å²) < 4.78 is 26.8. The summed E-state index contributed by atoms with van der Waals surface area (Å²) in [7, 11) is -3.59. The first-order valence-corrected chi connectivity index (χ1v) is 7.42. The maximum atomic E-state index is 12.1. The molecule has 1 rings (SSSR count). The second-order valence-electron chi connectivity index (χ2n) is 4.52. The van der Waals surface area contributed by atoms with Crippen LogP contribution in [0.5, 0.6) is 0 Å². The van der Waals surface area contributed by atoms with Gasteiger partial charge in [-0.15, -0.1) is 0 Å². The van der Waals surface area contributed by atoms with Crippen molar-refractivity contribution in [3.8, 4) is 11.8 Å². The van der Waals surface area contributed by atoms with E-state index < -0.39 is 10.0 Å². The first-order chi connectivity index (χ1) is 8.86. The summed E-state index contributed by atoms with van der Waals surface area (Å²) in [5.41, 5.74) is 0.453. The second kappa shape index (κ2) is 6.66. The number of nitrogens with zero attached hydrogens (tertiary/aromatic N) is 1. The SMILES string of the molecule is CC(C)C(C)NS(=O)(=O)c1cncc(C#CCO)c1. The minimum absolute atomic E-state index is 0.0738. The predicted octanol–water partition coefficient (Wildman–Crippen LogP) is 0.748. The average molecular weight is 282 g/mol. The van der Waals surface area contributed by atoms with Crippen LogP contribution in [0.2, 0.25) is 0 Å². The van der Waals surface area contributed by atoms with Gasteiger partial charge in [0.2, 0.25) is 10.0 Å². The zero-order valence-corrected chi connectivity index (χ0v) is 12.0. The molecule has 6 heteroatoms. The van der Waals surface area contributed by atoms with Crippen molar-refractivity contribution in [1.29, 1.82) is 0 Å². The third-order valence-electron chi connectivity index (χ3n) is 2.68. The molecule has 0 aliphatic heterocycles. The molecule has 1 aromatic rings. The van der Waals surface area contributed by atoms with E-state index in [0.717, 1.165) is 0 Å². The third-order valence-corrected chi connectivity index (χ3v) is 4.20. The average Bonchev–Trinajstić information content (AvgIpc) is 2.36. The van der Waals surface area contributed by atoms with Gasteiger partial charge < -0.3 is 5.11 Å². The highest BCUT2D eigenvalue weighted by atomic mass is 32.2. The van der Waals surface area contributed by atoms with Gasteiger partial charge in [0.05, 0.1) is 0 Å². The highest BCUT2D eigenvalue weighted by molar-refractivity contribution is 7.89. The number of aromatic nitrogens is 1. The molecular weight excluding hydrogens is 264 g/mol. The lowest BCUT2D eigenvalue weighted by atomic mass is 10.1. The summed E-state index contributed by atoms with van der Waals surface area (Å²) in [6, 6.07) is 1.27. The van der Waals surface area contributed by atoms with Crippen LogP contribution < -0.4 is 4.72 Å². The number of nitrogens with one attached hydrogen (secondary N) is 1. The fourth-order valence-electron chi connectivity index (χ4n) is 1.22. The molecule has 19 heavy (non-hydrogen) atoms. The molecule has 0 amide bonds. The summed E-state index contributed by atoms with van der Waals surface area (Å²) in [5, 5.41) is 8.61. The molecule has 0 bridgehead atoms. The van der Waals surface area contributed by atoms with Gasteiger partial charge >= 0.3 is 0 Å². The van der Waals surface area contributed by atoms with E-state index in [1.54, 1.807) is 0 Å². The molecule has 104 valence electrons. The molecule has 0 fully saturated rings. The predicted molar refractivity (Wildman–Crippen MR) is 72.8 cm³/mol. The van der Waals surface area contributed by atoms with Crippen molar-refractivity contribution >= 4 is 10.0 Å². The molecule has 1 atom stereocenters. The van der Waals surface area contributed by atoms with Crippen LogP contribution in [0.15, 0.2) is 23.4 Å². The second-order valence-corrected chi connectivity index (χ2v) is 6.24. The van der Waals surface area contributed by atoms with E-state index in [-0.39, 0.29) is 23.5 Å². The van der Waals surface area contributed by atoms with Gasteiger partial charge in [0.1, 0.15) is 11.5 Å². The molecule has 0 saturated heterocycles. The Morgan fingerprint density at radius 3 is 2.63 bits per heavy atom. The summed E-state index contributed by atoms with van der Waals surface area (Å²) in [5.74, 6) is 5.28. The van der Waals surface area contributed by atoms with Crippen LogP contribution in [0.3, 0.4) is 0 Å². The highest BCUT2D eigenvalue weighted by Crippen LogP contribution is 2.11. The summed E-state index contributed by atoms with van der Waals surface area (Å²) in [4.78, 5) is 3.93. The first-order valence-electron chi connectivity index (χ1n) is 5.94. The van der Waals surface area contributed by atoms with Gasteiger partial charge in [-0.2, -0.15) is 0 Å². The Kier molecular flexibility index (Phi) is 5.48. The monoisotopic (exact) mass is 282 g/mol. The molecule has 1 aromatic heterocycles. The first kappa shape index (κ1) is 15.6. The molecule has 0 radical (unpaired) electrons. The van der Waals surface area contributed by atoms with Gasteiger partial charge in [-0.3, -0.25) is 4.98 Å². The van der Waals surface area contributed by atoms with Crippen LogP contribution in [0.25, 0.3) is 0 Å². The Labute approximate surface area is 114 Å². The number of hydrogen-bond donors (Lipinski definition) is 2. The molecule has 1 heterocycles. The van der Waals surface area contributed by atoms with E-state index in [4.69, 9.17) is 5.11 Å². The van der Waals surface area contributed by atoms with Crippen molar-refractivity contribution in [2.45, 2.75) is 31.7 Å². The van der Waals surface area contributed by atoms with E-state index >= 15 is 0 Å². The van der Waals surface area contributed by atoms with Crippen LogP contribution in [0.1, 0.15) is 26.3 Å². The normalized spacial score (nSPS) is 12.9.